The van der Waals surface area contributed by atoms with E-state index in [1.165, 1.54) is 0 Å². The number of thioether (sulfide) groups is 1. The van der Waals surface area contributed by atoms with Gasteiger partial charge in [0.1, 0.15) is 9.90 Å². The van der Waals surface area contributed by atoms with E-state index in [4.69, 9.17) is 9.47 Å². The first-order valence-corrected chi connectivity index (χ1v) is 19.1. The molecule has 1 unspecified atom stereocenters. The lowest BCUT2D eigenvalue weighted by Crippen LogP contribution is -2.38. The van der Waals surface area contributed by atoms with Crippen molar-refractivity contribution in [1.82, 2.24) is 19.9 Å². The largest absolute Gasteiger partial charge is 0.392 e. The van der Waals surface area contributed by atoms with E-state index in [9.17, 15) is 13.5 Å². The summed E-state index contributed by atoms with van der Waals surface area (Å²) < 4.78 is 43.7. The lowest BCUT2D eigenvalue weighted by Gasteiger charge is -2.43. The van der Waals surface area contributed by atoms with Crippen LogP contribution in [0, 0.1) is 6.92 Å². The van der Waals surface area contributed by atoms with Crippen molar-refractivity contribution in [2.24, 2.45) is 0 Å². The molecule has 49 heavy (non-hydrogen) atoms. The smallest absolute Gasteiger partial charge is 0.243 e. The summed E-state index contributed by atoms with van der Waals surface area (Å²) in [6.45, 7) is 2.01. The second-order valence-electron chi connectivity index (χ2n) is 11.7. The number of aromatic nitrogens is 3. The Morgan fingerprint density at radius 2 is 1.55 bits per heavy atom. The van der Waals surface area contributed by atoms with Crippen LogP contribution in [0.15, 0.2) is 125 Å². The molecule has 0 bridgehead atoms. The highest BCUT2D eigenvalue weighted by Crippen LogP contribution is 2.48. The molecule has 0 radical (unpaired) electrons. The van der Waals surface area contributed by atoms with Gasteiger partial charge in [-0.15, -0.1) is 10.2 Å². The van der Waals surface area contributed by atoms with Gasteiger partial charge in [0.15, 0.2) is 10.6 Å². The first-order chi connectivity index (χ1) is 23.9. The van der Waals surface area contributed by atoms with Crippen molar-refractivity contribution in [3.8, 4) is 0 Å². The molecule has 4 aromatic carbocycles. The van der Waals surface area contributed by atoms with Crippen molar-refractivity contribution in [3.63, 3.8) is 0 Å². The maximum absolute atomic E-state index is 13.3. The number of sulfonamides is 1. The van der Waals surface area contributed by atoms with Gasteiger partial charge in [0.2, 0.25) is 10.0 Å². The van der Waals surface area contributed by atoms with Crippen LogP contribution in [0.1, 0.15) is 51.1 Å². The zero-order valence-corrected chi connectivity index (χ0v) is 29.0. The van der Waals surface area contributed by atoms with Gasteiger partial charge >= 0.3 is 0 Å². The molecular formula is C37H34N4O5S3. The van der Waals surface area contributed by atoms with E-state index in [0.29, 0.717) is 11.3 Å². The Labute approximate surface area is 293 Å². The van der Waals surface area contributed by atoms with Crippen LogP contribution < -0.4 is 4.72 Å². The molecule has 0 spiro atoms. The zero-order chi connectivity index (χ0) is 33.8. The van der Waals surface area contributed by atoms with E-state index in [-0.39, 0.29) is 36.2 Å². The number of aliphatic hydroxyl groups is 1. The second-order valence-corrected chi connectivity index (χ2v) is 15.9. The first kappa shape index (κ1) is 33.5. The Hall–Kier alpha value is -4.01. The summed E-state index contributed by atoms with van der Waals surface area (Å²) >= 11 is 3.18. The number of ether oxygens (including phenoxy) is 2. The highest BCUT2D eigenvalue weighted by molar-refractivity contribution is 8.01. The summed E-state index contributed by atoms with van der Waals surface area (Å²) in [4.78, 5) is 4.44. The molecule has 0 aliphatic carbocycles. The van der Waals surface area contributed by atoms with Crippen LogP contribution >= 0.6 is 23.1 Å². The molecule has 2 aromatic heterocycles. The molecule has 3 heterocycles. The molecule has 250 valence electrons. The minimum absolute atomic E-state index is 0.0402. The van der Waals surface area contributed by atoms with Crippen molar-refractivity contribution >= 4 is 44.0 Å². The van der Waals surface area contributed by atoms with Crippen LogP contribution in [0.4, 0.5) is 0 Å². The van der Waals surface area contributed by atoms with Crippen LogP contribution in [0.5, 0.6) is 0 Å². The Kier molecular flexibility index (Phi) is 10.1. The monoisotopic (exact) mass is 710 g/mol. The number of nitrogens with zero attached hydrogens (tertiary/aromatic N) is 3. The van der Waals surface area contributed by atoms with E-state index in [0.717, 1.165) is 42.6 Å². The standard InChI is InChI=1S/C37H34N4O5S3/c1-24-40-41-37(48-24)47-23-31-33(27-7-3-2-4-8-27)35(29-16-14-26(22-42)15-17-29)46-36(45-31)30-18-12-25(13-19-30)21-39-49(43,44)32-11-5-9-28-10-6-20-38-34(28)32/h2-20,31,33,35-36,39,42H,21-23H2,1H3/t31-,33-,35+,36?/m1/s1. The Bertz CT molecular complexity index is 2120. The molecule has 0 amide bonds. The summed E-state index contributed by atoms with van der Waals surface area (Å²) in [5, 5.41) is 19.9. The zero-order valence-electron chi connectivity index (χ0n) is 26.5. The number of hydrogen-bond donors (Lipinski definition) is 2. The van der Waals surface area contributed by atoms with Gasteiger partial charge in [-0.1, -0.05) is 120 Å². The summed E-state index contributed by atoms with van der Waals surface area (Å²) in [5.74, 6) is 0.499. The third-order valence-electron chi connectivity index (χ3n) is 8.45. The van der Waals surface area contributed by atoms with Crippen molar-refractivity contribution in [2.75, 3.05) is 5.75 Å². The number of aliphatic hydroxyl groups excluding tert-OH is 1. The van der Waals surface area contributed by atoms with Gasteiger partial charge in [-0.25, -0.2) is 13.1 Å². The Balaban J connectivity index is 1.15. The highest BCUT2D eigenvalue weighted by Gasteiger charge is 2.42. The number of aryl methyl sites for hydroxylation is 1. The van der Waals surface area contributed by atoms with Gasteiger partial charge in [0.05, 0.1) is 24.3 Å². The predicted molar refractivity (Wildman–Crippen MR) is 191 cm³/mol. The molecular weight excluding hydrogens is 677 g/mol. The number of para-hydroxylation sites is 1. The van der Waals surface area contributed by atoms with Gasteiger partial charge in [-0.05, 0) is 41.3 Å². The van der Waals surface area contributed by atoms with Crippen LogP contribution in [0.3, 0.4) is 0 Å². The van der Waals surface area contributed by atoms with Gasteiger partial charge in [0, 0.05) is 35.4 Å². The summed E-state index contributed by atoms with van der Waals surface area (Å²) in [6.07, 6.45) is 0.305. The Morgan fingerprint density at radius 3 is 2.29 bits per heavy atom. The second kappa shape index (κ2) is 14.9. The van der Waals surface area contributed by atoms with Gasteiger partial charge in [-0.3, -0.25) is 4.98 Å². The van der Waals surface area contributed by atoms with E-state index in [2.05, 4.69) is 32.0 Å². The van der Waals surface area contributed by atoms with E-state index in [1.54, 1.807) is 47.5 Å². The molecule has 4 atom stereocenters. The maximum atomic E-state index is 13.3. The number of pyridine rings is 1. The predicted octanol–water partition coefficient (Wildman–Crippen LogP) is 7.10. The number of rotatable bonds is 11. The third kappa shape index (κ3) is 7.60. The van der Waals surface area contributed by atoms with Crippen LogP contribution in [0.2, 0.25) is 0 Å². The number of fused-ring (bicyclic) bond motifs is 1. The molecule has 1 aliphatic heterocycles. The van der Waals surface area contributed by atoms with Crippen molar-refractivity contribution in [2.45, 2.75) is 53.7 Å². The van der Waals surface area contributed by atoms with Gasteiger partial charge < -0.3 is 14.6 Å². The maximum Gasteiger partial charge on any atom is 0.243 e. The molecule has 0 saturated carbocycles. The highest BCUT2D eigenvalue weighted by atomic mass is 32.2. The quantitative estimate of drug-likeness (QED) is 0.136. The van der Waals surface area contributed by atoms with Crippen molar-refractivity contribution in [3.05, 3.63) is 148 Å². The molecule has 1 aliphatic rings. The van der Waals surface area contributed by atoms with Crippen LogP contribution in [-0.2, 0) is 32.6 Å². The lowest BCUT2D eigenvalue weighted by molar-refractivity contribution is -0.255. The normalized spacial score (nSPS) is 19.6. The summed E-state index contributed by atoms with van der Waals surface area (Å²) in [7, 11) is -3.81. The SMILES string of the molecule is Cc1nnc(SC[C@H]2OC(c3ccc(CNS(=O)(=O)c4cccc5cccnc45)cc3)O[C@@H](c3ccc(CO)cc3)[C@@H]2c2ccccc2)s1. The molecule has 1 saturated heterocycles. The van der Waals surface area contributed by atoms with E-state index >= 15 is 0 Å². The fourth-order valence-corrected chi connectivity index (χ4v) is 9.09. The third-order valence-corrected chi connectivity index (χ3v) is 11.9. The summed E-state index contributed by atoms with van der Waals surface area (Å²) in [5.41, 5.74) is 4.94. The lowest BCUT2D eigenvalue weighted by atomic mass is 9.84. The fraction of sp³-hybridized carbons (Fsp3) is 0.216. The first-order valence-electron chi connectivity index (χ1n) is 15.8. The summed E-state index contributed by atoms with van der Waals surface area (Å²) in [6, 6.07) is 34.4. The number of benzene rings is 4. The van der Waals surface area contributed by atoms with Crippen LogP contribution in [0.25, 0.3) is 10.9 Å². The number of nitrogens with one attached hydrogen (secondary N) is 1. The Morgan fingerprint density at radius 1 is 0.816 bits per heavy atom. The topological polar surface area (TPSA) is 124 Å². The van der Waals surface area contributed by atoms with Crippen molar-refractivity contribution < 1.29 is 23.0 Å². The minimum Gasteiger partial charge on any atom is -0.392 e. The van der Waals surface area contributed by atoms with E-state index in [1.807, 2.05) is 85.8 Å². The van der Waals surface area contributed by atoms with E-state index < -0.39 is 16.3 Å². The van der Waals surface area contributed by atoms with Gasteiger partial charge in [0.25, 0.3) is 0 Å². The molecule has 9 nitrogen and oxygen atoms in total. The minimum atomic E-state index is -3.81. The molecule has 1 fully saturated rings. The average Bonchev–Trinajstić information content (AvgIpc) is 3.57. The average molecular weight is 711 g/mol. The fourth-order valence-electron chi connectivity index (χ4n) is 5.98. The van der Waals surface area contributed by atoms with Gasteiger partial charge in [-0.2, -0.15) is 0 Å². The molecule has 7 rings (SSSR count). The molecule has 12 heteroatoms. The van der Waals surface area contributed by atoms with Crippen LogP contribution in [-0.4, -0.2) is 40.6 Å². The number of hydrogen-bond acceptors (Lipinski definition) is 10. The molecule has 6 aromatic rings. The van der Waals surface area contributed by atoms with Crippen molar-refractivity contribution in [1.29, 1.82) is 0 Å². The molecule has 2 N–H and O–H groups in total.